The summed E-state index contributed by atoms with van der Waals surface area (Å²) in [5, 5.41) is 0. The van der Waals surface area contributed by atoms with Crippen molar-refractivity contribution in [3.05, 3.63) is 50.9 Å². The highest BCUT2D eigenvalue weighted by Crippen LogP contribution is 2.25. The molecule has 0 aliphatic carbocycles. The molecule has 2 aromatic carbocycles. The Bertz CT molecular complexity index is 881. The minimum absolute atomic E-state index is 0.0228. The monoisotopic (exact) mass is 492 g/mol. The lowest BCUT2D eigenvalue weighted by Gasteiger charge is -2.11. The standard InChI is InChI=1S/C15H14Br2N2O5S/c1-23-11-5-9(6-12(8-11)24-2)15(20)18-19-25(21,22)14-7-10(16)3-4-13(14)17/h3-8,19H,1-2H3,(H,18,20). The summed E-state index contributed by atoms with van der Waals surface area (Å²) in [5.41, 5.74) is 2.34. The predicted octanol–water partition coefficient (Wildman–Crippen LogP) is 2.85. The van der Waals surface area contributed by atoms with Gasteiger partial charge in [-0.15, -0.1) is 4.83 Å². The summed E-state index contributed by atoms with van der Waals surface area (Å²) in [6, 6.07) is 9.19. The highest BCUT2D eigenvalue weighted by Gasteiger charge is 2.19. The van der Waals surface area contributed by atoms with E-state index in [1.807, 2.05) is 0 Å². The van der Waals surface area contributed by atoms with Crippen LogP contribution in [0, 0.1) is 0 Å². The summed E-state index contributed by atoms with van der Waals surface area (Å²) in [7, 11) is -1.07. The molecule has 2 rings (SSSR count). The van der Waals surface area contributed by atoms with E-state index >= 15 is 0 Å². The molecular formula is C15H14Br2N2O5S. The lowest BCUT2D eigenvalue weighted by molar-refractivity contribution is 0.0944. The Morgan fingerprint density at radius 2 is 1.60 bits per heavy atom. The van der Waals surface area contributed by atoms with E-state index in [-0.39, 0.29) is 10.5 Å². The van der Waals surface area contributed by atoms with Crippen molar-refractivity contribution in [2.75, 3.05) is 14.2 Å². The van der Waals surface area contributed by atoms with Crippen LogP contribution in [0.1, 0.15) is 10.4 Å². The van der Waals surface area contributed by atoms with Crippen LogP contribution in [0.25, 0.3) is 0 Å². The summed E-state index contributed by atoms with van der Waals surface area (Å²) in [6.07, 6.45) is 0. The Morgan fingerprint density at radius 1 is 1.00 bits per heavy atom. The summed E-state index contributed by atoms with van der Waals surface area (Å²) < 4.78 is 35.8. The molecule has 0 spiro atoms. The highest BCUT2D eigenvalue weighted by atomic mass is 79.9. The fourth-order valence-corrected chi connectivity index (χ4v) is 4.20. The van der Waals surface area contributed by atoms with Crippen molar-refractivity contribution in [1.82, 2.24) is 10.3 Å². The van der Waals surface area contributed by atoms with E-state index in [9.17, 15) is 13.2 Å². The molecule has 7 nitrogen and oxygen atoms in total. The topological polar surface area (TPSA) is 93.7 Å². The third-order valence-corrected chi connectivity index (χ3v) is 5.83. The highest BCUT2D eigenvalue weighted by molar-refractivity contribution is 9.11. The minimum Gasteiger partial charge on any atom is -0.497 e. The largest absolute Gasteiger partial charge is 0.497 e. The van der Waals surface area contributed by atoms with Crippen LogP contribution < -0.4 is 19.7 Å². The van der Waals surface area contributed by atoms with Gasteiger partial charge in [-0.05, 0) is 46.3 Å². The predicted molar refractivity (Wildman–Crippen MR) is 99.2 cm³/mol. The van der Waals surface area contributed by atoms with E-state index in [4.69, 9.17) is 9.47 Å². The molecule has 0 radical (unpaired) electrons. The summed E-state index contributed by atoms with van der Waals surface area (Å²) in [5.74, 6) is 0.149. The maximum atomic E-state index is 12.4. The van der Waals surface area contributed by atoms with Crippen molar-refractivity contribution in [1.29, 1.82) is 0 Å². The van der Waals surface area contributed by atoms with Gasteiger partial charge in [0.2, 0.25) is 0 Å². The number of ether oxygens (including phenoxy) is 2. The van der Waals surface area contributed by atoms with E-state index in [2.05, 4.69) is 42.1 Å². The maximum Gasteiger partial charge on any atom is 0.266 e. The van der Waals surface area contributed by atoms with E-state index in [1.165, 1.54) is 32.4 Å². The fraction of sp³-hybridized carbons (Fsp3) is 0.133. The molecule has 0 saturated heterocycles. The number of hydrazine groups is 1. The molecule has 0 atom stereocenters. The lowest BCUT2D eigenvalue weighted by Crippen LogP contribution is -2.41. The molecule has 0 saturated carbocycles. The van der Waals surface area contributed by atoms with Crippen LogP contribution in [0.2, 0.25) is 0 Å². The van der Waals surface area contributed by atoms with Crippen LogP contribution in [0.15, 0.2) is 50.2 Å². The number of carbonyl (C=O) groups is 1. The molecule has 1 amide bonds. The number of amides is 1. The molecule has 2 N–H and O–H groups in total. The summed E-state index contributed by atoms with van der Waals surface area (Å²) in [6.45, 7) is 0. The minimum atomic E-state index is -3.97. The molecule has 0 bridgehead atoms. The molecule has 0 aliphatic rings. The van der Waals surface area contributed by atoms with Crippen molar-refractivity contribution in [2.24, 2.45) is 0 Å². The molecule has 0 heterocycles. The Labute approximate surface area is 162 Å². The number of rotatable bonds is 6. The smallest absolute Gasteiger partial charge is 0.266 e. The number of nitrogens with one attached hydrogen (secondary N) is 2. The first-order valence-corrected chi connectivity index (χ1v) is 9.84. The van der Waals surface area contributed by atoms with E-state index in [1.54, 1.807) is 18.2 Å². The molecule has 0 aliphatic heterocycles. The second-order valence-electron chi connectivity index (χ2n) is 4.74. The van der Waals surface area contributed by atoms with E-state index in [0.29, 0.717) is 20.4 Å². The molecule has 134 valence electrons. The number of benzene rings is 2. The molecule has 25 heavy (non-hydrogen) atoms. The first kappa shape index (κ1) is 19.7. The van der Waals surface area contributed by atoms with Crippen LogP contribution in [-0.4, -0.2) is 28.5 Å². The van der Waals surface area contributed by atoms with Gasteiger partial charge in [0.25, 0.3) is 15.9 Å². The fourth-order valence-electron chi connectivity index (χ4n) is 1.86. The lowest BCUT2D eigenvalue weighted by atomic mass is 10.2. The quantitative estimate of drug-likeness (QED) is 0.603. The Morgan fingerprint density at radius 3 is 2.16 bits per heavy atom. The molecule has 0 unspecified atom stereocenters. The van der Waals surface area contributed by atoms with Crippen LogP contribution >= 0.6 is 31.9 Å². The van der Waals surface area contributed by atoms with Gasteiger partial charge in [0, 0.05) is 20.6 Å². The average molecular weight is 494 g/mol. The third kappa shape index (κ3) is 4.94. The van der Waals surface area contributed by atoms with Gasteiger partial charge >= 0.3 is 0 Å². The van der Waals surface area contributed by atoms with Gasteiger partial charge < -0.3 is 9.47 Å². The third-order valence-electron chi connectivity index (χ3n) is 3.10. The Balaban J connectivity index is 2.20. The molecule has 0 fully saturated rings. The first-order valence-electron chi connectivity index (χ1n) is 6.77. The van der Waals surface area contributed by atoms with Gasteiger partial charge in [-0.3, -0.25) is 10.2 Å². The normalized spacial score (nSPS) is 11.0. The Kier molecular flexibility index (Phi) is 6.44. The zero-order valence-corrected chi connectivity index (χ0v) is 17.2. The molecule has 0 aromatic heterocycles. The van der Waals surface area contributed by atoms with E-state index in [0.717, 1.165) is 0 Å². The molecular weight excluding hydrogens is 480 g/mol. The summed E-state index contributed by atoms with van der Waals surface area (Å²) >= 11 is 6.38. The van der Waals surface area contributed by atoms with Gasteiger partial charge in [-0.2, -0.15) is 0 Å². The number of carbonyl (C=O) groups excluding carboxylic acids is 1. The zero-order chi connectivity index (χ0) is 18.6. The number of hydrogen-bond acceptors (Lipinski definition) is 5. The Hall–Kier alpha value is -1.62. The maximum absolute atomic E-state index is 12.4. The van der Waals surface area contributed by atoms with Crippen molar-refractivity contribution in [3.63, 3.8) is 0 Å². The molecule has 10 heteroatoms. The van der Waals surface area contributed by atoms with Crippen molar-refractivity contribution in [3.8, 4) is 11.5 Å². The number of halogens is 2. The molecule has 2 aromatic rings. The van der Waals surface area contributed by atoms with Crippen LogP contribution in [-0.2, 0) is 10.0 Å². The second-order valence-corrected chi connectivity index (χ2v) is 8.16. The SMILES string of the molecule is COc1cc(OC)cc(C(=O)NNS(=O)(=O)c2cc(Br)ccc2Br)c1. The van der Waals surface area contributed by atoms with Gasteiger partial charge in [0.15, 0.2) is 0 Å². The van der Waals surface area contributed by atoms with Gasteiger partial charge in [0.05, 0.1) is 19.1 Å². The van der Waals surface area contributed by atoms with Gasteiger partial charge in [-0.1, -0.05) is 15.9 Å². The second kappa shape index (κ2) is 8.17. The zero-order valence-electron chi connectivity index (χ0n) is 13.2. The average Bonchev–Trinajstić information content (AvgIpc) is 2.61. The van der Waals surface area contributed by atoms with Crippen molar-refractivity contribution >= 4 is 47.8 Å². The van der Waals surface area contributed by atoms with Crippen LogP contribution in [0.4, 0.5) is 0 Å². The summed E-state index contributed by atoms with van der Waals surface area (Å²) in [4.78, 5) is 14.3. The number of methoxy groups -OCH3 is 2. The van der Waals surface area contributed by atoms with Gasteiger partial charge in [-0.25, -0.2) is 8.42 Å². The van der Waals surface area contributed by atoms with Crippen molar-refractivity contribution < 1.29 is 22.7 Å². The number of sulfonamides is 1. The van der Waals surface area contributed by atoms with Crippen molar-refractivity contribution in [2.45, 2.75) is 4.90 Å². The first-order chi connectivity index (χ1) is 11.8. The number of hydrogen-bond donors (Lipinski definition) is 2. The van der Waals surface area contributed by atoms with Crippen LogP contribution in [0.5, 0.6) is 11.5 Å². The van der Waals surface area contributed by atoms with E-state index < -0.39 is 15.9 Å². The van der Waals surface area contributed by atoms with Crippen LogP contribution in [0.3, 0.4) is 0 Å². The van der Waals surface area contributed by atoms with Gasteiger partial charge in [0.1, 0.15) is 11.5 Å².